The van der Waals surface area contributed by atoms with Crippen LogP contribution in [0.15, 0.2) is 6.07 Å². The van der Waals surface area contributed by atoms with Crippen LogP contribution in [0.4, 0.5) is 11.6 Å². The summed E-state index contributed by atoms with van der Waals surface area (Å²) >= 11 is 0. The fourth-order valence-corrected chi connectivity index (χ4v) is 1.27. The van der Waals surface area contributed by atoms with Crippen LogP contribution in [0, 0.1) is 0 Å². The number of aromatic nitrogens is 2. The Kier molecular flexibility index (Phi) is 4.66. The summed E-state index contributed by atoms with van der Waals surface area (Å²) < 4.78 is 0. The molecule has 7 heteroatoms. The van der Waals surface area contributed by atoms with Gasteiger partial charge in [0, 0.05) is 25.6 Å². The van der Waals surface area contributed by atoms with E-state index in [1.54, 1.807) is 20.2 Å². The summed E-state index contributed by atoms with van der Waals surface area (Å²) in [6, 6.07) is 1.66. The van der Waals surface area contributed by atoms with Gasteiger partial charge in [-0.15, -0.1) is 0 Å². The molecule has 0 unspecified atom stereocenters. The summed E-state index contributed by atoms with van der Waals surface area (Å²) in [7, 11) is 3.41. The molecule has 1 rings (SSSR count). The maximum absolute atomic E-state index is 11.5. The molecule has 0 aliphatic heterocycles. The normalized spacial score (nSPS) is 11.1. The largest absolute Gasteiger partial charge is 0.361 e. The number of nitrogens with two attached hydrogens (primary N) is 1. The molecular weight excluding hydrogens is 244 g/mol. The Morgan fingerprint density at radius 1 is 1.32 bits per heavy atom. The van der Waals surface area contributed by atoms with Gasteiger partial charge in [-0.05, 0) is 0 Å². The number of hydrogen-bond donors (Lipinski definition) is 3. The van der Waals surface area contributed by atoms with Gasteiger partial charge >= 0.3 is 0 Å². The number of anilines is 2. The molecule has 106 valence electrons. The number of hydrogen-bond acceptors (Lipinski definition) is 6. The van der Waals surface area contributed by atoms with Crippen molar-refractivity contribution in [3.63, 3.8) is 0 Å². The highest BCUT2D eigenvalue weighted by Gasteiger charge is 2.19. The van der Waals surface area contributed by atoms with Crippen LogP contribution in [0.25, 0.3) is 0 Å². The number of carbonyl (C=O) groups excluding carboxylic acids is 1. The lowest BCUT2D eigenvalue weighted by Gasteiger charge is -2.19. The van der Waals surface area contributed by atoms with Gasteiger partial charge in [0.2, 0.25) is 5.91 Å². The fraction of sp³-hybridized carbons (Fsp3) is 0.583. The molecule has 0 spiro atoms. The van der Waals surface area contributed by atoms with E-state index in [1.165, 1.54) is 4.90 Å². The second-order valence-corrected chi connectivity index (χ2v) is 5.50. The number of nitrogen functional groups attached to an aromatic ring is 1. The van der Waals surface area contributed by atoms with Crippen molar-refractivity contribution in [3.05, 3.63) is 11.9 Å². The van der Waals surface area contributed by atoms with Gasteiger partial charge < -0.3 is 15.6 Å². The highest BCUT2D eigenvalue weighted by atomic mass is 16.2. The number of carbonyl (C=O) groups is 1. The van der Waals surface area contributed by atoms with Crippen LogP contribution >= 0.6 is 0 Å². The average Bonchev–Trinajstić information content (AvgIpc) is 2.34. The summed E-state index contributed by atoms with van der Waals surface area (Å²) in [5.41, 5.74) is 2.30. The van der Waals surface area contributed by atoms with Gasteiger partial charge in [-0.25, -0.2) is 15.8 Å². The lowest BCUT2D eigenvalue weighted by molar-refractivity contribution is -0.126. The number of hydrazine groups is 1. The van der Waals surface area contributed by atoms with Crippen molar-refractivity contribution in [2.24, 2.45) is 5.84 Å². The highest BCUT2D eigenvalue weighted by molar-refractivity contribution is 5.80. The minimum absolute atomic E-state index is 0.0295. The summed E-state index contributed by atoms with van der Waals surface area (Å²) in [4.78, 5) is 21.7. The minimum atomic E-state index is -0.200. The topological polar surface area (TPSA) is 96.2 Å². The van der Waals surface area contributed by atoms with Crippen molar-refractivity contribution in [1.82, 2.24) is 14.9 Å². The lowest BCUT2D eigenvalue weighted by atomic mass is 9.96. The molecule has 0 saturated heterocycles. The van der Waals surface area contributed by atoms with Crippen molar-refractivity contribution in [3.8, 4) is 0 Å². The second kappa shape index (κ2) is 5.83. The summed E-state index contributed by atoms with van der Waals surface area (Å²) in [5, 5.41) is 2.98. The SMILES string of the molecule is CN(C)C(=O)CNc1cc(NN)nc(C(C)(C)C)n1. The van der Waals surface area contributed by atoms with Gasteiger partial charge in [0.1, 0.15) is 17.5 Å². The van der Waals surface area contributed by atoms with Crippen LogP contribution in [-0.2, 0) is 10.2 Å². The molecule has 1 heterocycles. The minimum Gasteiger partial charge on any atom is -0.361 e. The van der Waals surface area contributed by atoms with Crippen LogP contribution < -0.4 is 16.6 Å². The molecule has 4 N–H and O–H groups in total. The molecule has 0 radical (unpaired) electrons. The van der Waals surface area contributed by atoms with E-state index in [0.29, 0.717) is 17.5 Å². The first-order valence-electron chi connectivity index (χ1n) is 6.04. The molecule has 0 bridgehead atoms. The molecule has 0 fully saturated rings. The van der Waals surface area contributed by atoms with E-state index < -0.39 is 0 Å². The second-order valence-electron chi connectivity index (χ2n) is 5.50. The Morgan fingerprint density at radius 2 is 1.89 bits per heavy atom. The Morgan fingerprint density at radius 3 is 2.37 bits per heavy atom. The fourth-order valence-electron chi connectivity index (χ4n) is 1.27. The van der Waals surface area contributed by atoms with Crippen LogP contribution in [-0.4, -0.2) is 41.4 Å². The number of nitrogens with zero attached hydrogens (tertiary/aromatic N) is 3. The predicted molar refractivity (Wildman–Crippen MR) is 75.7 cm³/mol. The summed E-state index contributed by atoms with van der Waals surface area (Å²) in [6.07, 6.45) is 0. The molecule has 1 amide bonds. The van der Waals surface area contributed by atoms with Crippen LogP contribution in [0.1, 0.15) is 26.6 Å². The zero-order valence-electron chi connectivity index (χ0n) is 12.1. The molecule has 7 nitrogen and oxygen atoms in total. The molecule has 1 aromatic heterocycles. The molecule has 0 saturated carbocycles. The molecule has 0 aliphatic carbocycles. The zero-order chi connectivity index (χ0) is 14.6. The van der Waals surface area contributed by atoms with E-state index in [1.807, 2.05) is 20.8 Å². The first-order valence-corrected chi connectivity index (χ1v) is 6.04. The van der Waals surface area contributed by atoms with Crippen LogP contribution in [0.3, 0.4) is 0 Å². The number of rotatable bonds is 4. The van der Waals surface area contributed by atoms with Crippen molar-refractivity contribution >= 4 is 17.5 Å². The Labute approximate surface area is 113 Å². The van der Waals surface area contributed by atoms with E-state index in [9.17, 15) is 4.79 Å². The van der Waals surface area contributed by atoms with Gasteiger partial charge in [-0.3, -0.25) is 4.79 Å². The Hall–Kier alpha value is -1.89. The number of amides is 1. The van der Waals surface area contributed by atoms with Gasteiger partial charge in [0.15, 0.2) is 0 Å². The van der Waals surface area contributed by atoms with E-state index in [-0.39, 0.29) is 17.9 Å². The van der Waals surface area contributed by atoms with Gasteiger partial charge in [-0.2, -0.15) is 0 Å². The van der Waals surface area contributed by atoms with E-state index >= 15 is 0 Å². The lowest BCUT2D eigenvalue weighted by Crippen LogP contribution is -2.29. The van der Waals surface area contributed by atoms with E-state index in [4.69, 9.17) is 5.84 Å². The predicted octanol–water partition coefficient (Wildman–Crippen LogP) is 0.560. The van der Waals surface area contributed by atoms with Crippen molar-refractivity contribution in [1.29, 1.82) is 0 Å². The van der Waals surface area contributed by atoms with Crippen molar-refractivity contribution in [2.45, 2.75) is 26.2 Å². The number of nitrogens with one attached hydrogen (secondary N) is 2. The first-order chi connectivity index (χ1) is 8.74. The van der Waals surface area contributed by atoms with Crippen molar-refractivity contribution in [2.75, 3.05) is 31.4 Å². The highest BCUT2D eigenvalue weighted by Crippen LogP contribution is 2.21. The quantitative estimate of drug-likeness (QED) is 0.544. The molecule has 0 aromatic carbocycles. The standard InChI is InChI=1S/C12H22N6O/c1-12(2,3)11-15-8(6-9(16-11)17-13)14-7-10(19)18(4)5/h6H,7,13H2,1-5H3,(H2,14,15,16,17). The Bertz CT molecular complexity index is 452. The molecule has 19 heavy (non-hydrogen) atoms. The molecular formula is C12H22N6O. The zero-order valence-corrected chi connectivity index (χ0v) is 12.1. The van der Waals surface area contributed by atoms with Gasteiger partial charge in [0.05, 0.1) is 6.54 Å². The van der Waals surface area contributed by atoms with Gasteiger partial charge in [0.25, 0.3) is 0 Å². The molecule has 0 atom stereocenters. The molecule has 0 aliphatic rings. The summed E-state index contributed by atoms with van der Waals surface area (Å²) in [6.45, 7) is 6.21. The smallest absolute Gasteiger partial charge is 0.241 e. The third-order valence-electron chi connectivity index (χ3n) is 2.46. The first kappa shape index (κ1) is 15.2. The maximum Gasteiger partial charge on any atom is 0.241 e. The Balaban J connectivity index is 2.92. The monoisotopic (exact) mass is 266 g/mol. The van der Waals surface area contributed by atoms with Gasteiger partial charge in [-0.1, -0.05) is 20.8 Å². The molecule has 1 aromatic rings. The maximum atomic E-state index is 11.5. The van der Waals surface area contributed by atoms with Crippen molar-refractivity contribution < 1.29 is 4.79 Å². The van der Waals surface area contributed by atoms with Crippen LogP contribution in [0.2, 0.25) is 0 Å². The number of likely N-dealkylation sites (N-methyl/N-ethyl adjacent to an activating group) is 1. The third-order valence-corrected chi connectivity index (χ3v) is 2.46. The third kappa shape index (κ3) is 4.36. The van der Waals surface area contributed by atoms with E-state index in [2.05, 4.69) is 20.7 Å². The average molecular weight is 266 g/mol. The van der Waals surface area contributed by atoms with E-state index in [0.717, 1.165) is 0 Å². The van der Waals surface area contributed by atoms with Crippen LogP contribution in [0.5, 0.6) is 0 Å². The summed E-state index contributed by atoms with van der Waals surface area (Å²) in [5.74, 6) is 7.10.